The van der Waals surface area contributed by atoms with Gasteiger partial charge in [-0.15, -0.1) is 24.1 Å². The van der Waals surface area contributed by atoms with Crippen LogP contribution in [0.5, 0.6) is 0 Å². The number of carboxylic acid groups (broad SMARTS) is 1. The Hall–Kier alpha value is -2.63. The second-order valence-corrected chi connectivity index (χ2v) is 6.40. The number of thioether (sulfide) groups is 1. The highest BCUT2D eigenvalue weighted by Gasteiger charge is 2.11. The van der Waals surface area contributed by atoms with Gasteiger partial charge in [0, 0.05) is 24.3 Å². The lowest BCUT2D eigenvalue weighted by molar-refractivity contribution is -0.137. The molecule has 136 valence electrons. The topological polar surface area (TPSA) is 57.6 Å². The normalized spacial score (nSPS) is 10.0. The van der Waals surface area contributed by atoms with Crippen LogP contribution in [0.2, 0.25) is 0 Å². The lowest BCUT2D eigenvalue weighted by Gasteiger charge is -2.18. The van der Waals surface area contributed by atoms with Crippen molar-refractivity contribution >= 4 is 29.7 Å². The third kappa shape index (κ3) is 8.46. The number of carbonyl (C=O) groups excluding carboxylic acids is 1. The van der Waals surface area contributed by atoms with Gasteiger partial charge in [0.05, 0.1) is 12.3 Å². The molecule has 0 radical (unpaired) electrons. The van der Waals surface area contributed by atoms with Crippen LogP contribution in [0.1, 0.15) is 31.7 Å². The fourth-order valence-corrected chi connectivity index (χ4v) is 3.01. The van der Waals surface area contributed by atoms with Crippen molar-refractivity contribution in [3.8, 4) is 24.2 Å². The van der Waals surface area contributed by atoms with Gasteiger partial charge >= 0.3 is 5.97 Å². The van der Waals surface area contributed by atoms with Crippen LogP contribution in [0.15, 0.2) is 35.2 Å². The third-order valence-electron chi connectivity index (χ3n) is 3.43. The predicted molar refractivity (Wildman–Crippen MR) is 107 cm³/mol. The number of hydrogen-bond acceptors (Lipinski definition) is 3. The molecule has 0 bridgehead atoms. The summed E-state index contributed by atoms with van der Waals surface area (Å²) >= 11 is 1.67. The zero-order chi connectivity index (χ0) is 19.2. The van der Waals surface area contributed by atoms with Crippen LogP contribution in [0.3, 0.4) is 0 Å². The minimum Gasteiger partial charge on any atom is -0.481 e. The van der Waals surface area contributed by atoms with Crippen molar-refractivity contribution in [2.24, 2.45) is 0 Å². The number of terminal acetylenes is 1. The highest BCUT2D eigenvalue weighted by Crippen LogP contribution is 2.23. The zero-order valence-electron chi connectivity index (χ0n) is 14.9. The van der Waals surface area contributed by atoms with E-state index in [2.05, 4.69) is 17.8 Å². The Morgan fingerprint density at radius 1 is 1.31 bits per heavy atom. The summed E-state index contributed by atoms with van der Waals surface area (Å²) in [5.41, 5.74) is 1.06. The smallest absolute Gasteiger partial charge is 0.303 e. The number of amides is 1. The first-order valence-electron chi connectivity index (χ1n) is 8.29. The highest BCUT2D eigenvalue weighted by molar-refractivity contribution is 7.99. The van der Waals surface area contributed by atoms with Crippen molar-refractivity contribution in [2.75, 3.05) is 18.8 Å². The van der Waals surface area contributed by atoms with Gasteiger partial charge in [-0.3, -0.25) is 9.59 Å². The number of rotatable bonds is 10. The van der Waals surface area contributed by atoms with Gasteiger partial charge in [0.1, 0.15) is 0 Å². The maximum Gasteiger partial charge on any atom is 0.303 e. The number of carbonyl (C=O) groups is 2. The molecule has 0 aliphatic rings. The van der Waals surface area contributed by atoms with Gasteiger partial charge in [-0.05, 0) is 25.0 Å². The highest BCUT2D eigenvalue weighted by atomic mass is 32.2. The first-order chi connectivity index (χ1) is 12.6. The molecule has 0 atom stereocenters. The molecular weight excluding hydrogens is 346 g/mol. The van der Waals surface area contributed by atoms with E-state index in [1.807, 2.05) is 43.3 Å². The molecule has 1 aromatic carbocycles. The van der Waals surface area contributed by atoms with Gasteiger partial charge in [-0.1, -0.05) is 42.2 Å². The van der Waals surface area contributed by atoms with Crippen LogP contribution < -0.4 is 0 Å². The summed E-state index contributed by atoms with van der Waals surface area (Å²) in [7, 11) is 0. The van der Waals surface area contributed by atoms with E-state index in [0.29, 0.717) is 13.0 Å². The molecule has 1 amide bonds. The minimum atomic E-state index is -0.900. The van der Waals surface area contributed by atoms with Crippen LogP contribution in [0, 0.1) is 24.2 Å². The molecule has 0 aromatic heterocycles. The fourth-order valence-electron chi connectivity index (χ4n) is 2.16. The summed E-state index contributed by atoms with van der Waals surface area (Å²) in [5.74, 6) is 8.08. The maximum atomic E-state index is 12.2. The quantitative estimate of drug-likeness (QED) is 0.506. The van der Waals surface area contributed by atoms with Crippen molar-refractivity contribution in [1.82, 2.24) is 4.90 Å². The molecule has 0 spiro atoms. The van der Waals surface area contributed by atoms with Crippen molar-refractivity contribution in [1.29, 1.82) is 0 Å². The second kappa shape index (κ2) is 12.7. The Morgan fingerprint density at radius 2 is 2.08 bits per heavy atom. The SMILES string of the molecule is C#CCN(C/C=C/c1ccccc1SCC#CC)C(=O)CCCC(=O)O. The largest absolute Gasteiger partial charge is 0.481 e. The van der Waals surface area contributed by atoms with Gasteiger partial charge in [0.25, 0.3) is 0 Å². The molecule has 0 aliphatic carbocycles. The zero-order valence-corrected chi connectivity index (χ0v) is 15.7. The van der Waals surface area contributed by atoms with Gasteiger partial charge < -0.3 is 10.0 Å². The summed E-state index contributed by atoms with van der Waals surface area (Å²) in [6.07, 6.45) is 9.69. The predicted octanol–water partition coefficient (Wildman–Crippen LogP) is 3.53. The number of benzene rings is 1. The van der Waals surface area contributed by atoms with E-state index >= 15 is 0 Å². The van der Waals surface area contributed by atoms with Gasteiger partial charge in [0.2, 0.25) is 5.91 Å². The van der Waals surface area contributed by atoms with E-state index in [1.165, 1.54) is 0 Å². The van der Waals surface area contributed by atoms with Gasteiger partial charge in [-0.25, -0.2) is 0 Å². The summed E-state index contributed by atoms with van der Waals surface area (Å²) in [4.78, 5) is 25.4. The van der Waals surface area contributed by atoms with E-state index in [9.17, 15) is 9.59 Å². The van der Waals surface area contributed by atoms with Crippen LogP contribution >= 0.6 is 11.8 Å². The first kappa shape index (κ1) is 21.4. The van der Waals surface area contributed by atoms with Gasteiger partial charge in [-0.2, -0.15) is 0 Å². The molecule has 0 fully saturated rings. The average Bonchev–Trinajstić information content (AvgIpc) is 2.62. The van der Waals surface area contributed by atoms with E-state index in [-0.39, 0.29) is 25.3 Å². The van der Waals surface area contributed by atoms with Crippen molar-refractivity contribution < 1.29 is 14.7 Å². The summed E-state index contributed by atoms with van der Waals surface area (Å²) < 4.78 is 0. The Bertz CT molecular complexity index is 738. The number of hydrogen-bond donors (Lipinski definition) is 1. The monoisotopic (exact) mass is 369 g/mol. The lowest BCUT2D eigenvalue weighted by atomic mass is 10.2. The lowest BCUT2D eigenvalue weighted by Crippen LogP contribution is -2.31. The molecular formula is C21H23NO3S. The molecule has 1 aromatic rings. The second-order valence-electron chi connectivity index (χ2n) is 5.38. The van der Waals surface area contributed by atoms with Crippen LogP contribution in [-0.2, 0) is 9.59 Å². The Kier molecular flexibility index (Phi) is 10.5. The molecule has 0 saturated heterocycles. The molecule has 0 unspecified atom stereocenters. The standard InChI is InChI=1S/C21H23NO3S/c1-3-5-17-26-19-12-7-6-10-18(19)11-9-16-22(15-4-2)20(23)13-8-14-21(24)25/h2,6-7,9-12H,8,13-17H2,1H3,(H,24,25)/b11-9+. The summed E-state index contributed by atoms with van der Waals surface area (Å²) in [6.45, 7) is 2.42. The summed E-state index contributed by atoms with van der Waals surface area (Å²) in [6, 6.07) is 8.00. The van der Waals surface area contributed by atoms with E-state index in [0.717, 1.165) is 16.2 Å². The molecule has 1 N–H and O–H groups in total. The van der Waals surface area contributed by atoms with E-state index in [4.69, 9.17) is 11.5 Å². The maximum absolute atomic E-state index is 12.2. The van der Waals surface area contributed by atoms with Crippen molar-refractivity contribution in [3.05, 3.63) is 35.9 Å². The van der Waals surface area contributed by atoms with E-state index < -0.39 is 5.97 Å². The molecule has 5 heteroatoms. The molecule has 26 heavy (non-hydrogen) atoms. The Morgan fingerprint density at radius 3 is 2.77 bits per heavy atom. The number of nitrogens with zero attached hydrogens (tertiary/aromatic N) is 1. The third-order valence-corrected chi connectivity index (χ3v) is 4.41. The average molecular weight is 369 g/mol. The molecule has 0 heterocycles. The Labute approximate surface area is 159 Å². The number of carboxylic acids is 1. The molecule has 0 saturated carbocycles. The van der Waals surface area contributed by atoms with Crippen molar-refractivity contribution in [2.45, 2.75) is 31.1 Å². The molecule has 0 aliphatic heterocycles. The van der Waals surface area contributed by atoms with Crippen LogP contribution in [0.25, 0.3) is 6.08 Å². The van der Waals surface area contributed by atoms with Crippen LogP contribution in [0.4, 0.5) is 0 Å². The van der Waals surface area contributed by atoms with E-state index in [1.54, 1.807) is 16.7 Å². The minimum absolute atomic E-state index is 0.0171. The van der Waals surface area contributed by atoms with Gasteiger partial charge in [0.15, 0.2) is 0 Å². The summed E-state index contributed by atoms with van der Waals surface area (Å²) in [5, 5.41) is 8.66. The Balaban J connectivity index is 2.67. The van der Waals surface area contributed by atoms with Crippen molar-refractivity contribution in [3.63, 3.8) is 0 Å². The fraction of sp³-hybridized carbons (Fsp3) is 0.333. The first-order valence-corrected chi connectivity index (χ1v) is 9.28. The van der Waals surface area contributed by atoms with Crippen LogP contribution in [-0.4, -0.2) is 40.7 Å². The number of aliphatic carboxylic acids is 1. The molecule has 1 rings (SSSR count). The molecule has 4 nitrogen and oxygen atoms in total.